The molecule has 0 spiro atoms. The van der Waals surface area contributed by atoms with E-state index in [1.54, 1.807) is 18.3 Å². The summed E-state index contributed by atoms with van der Waals surface area (Å²) in [7, 11) is 0. The van der Waals surface area contributed by atoms with Crippen LogP contribution in [0.2, 0.25) is 0 Å². The summed E-state index contributed by atoms with van der Waals surface area (Å²) in [4.78, 5) is 23.4. The third-order valence-electron chi connectivity index (χ3n) is 2.61. The highest BCUT2D eigenvalue weighted by molar-refractivity contribution is 7.99. The summed E-state index contributed by atoms with van der Waals surface area (Å²) < 4.78 is 0. The van der Waals surface area contributed by atoms with Crippen LogP contribution in [0.25, 0.3) is 0 Å². The van der Waals surface area contributed by atoms with Crippen molar-refractivity contribution >= 4 is 17.6 Å². The second kappa shape index (κ2) is 6.89. The Labute approximate surface area is 125 Å². The Morgan fingerprint density at radius 2 is 2.38 bits per heavy atom. The average molecular weight is 305 g/mol. The first kappa shape index (κ1) is 15.0. The van der Waals surface area contributed by atoms with Crippen molar-refractivity contribution in [3.05, 3.63) is 46.1 Å². The van der Waals surface area contributed by atoms with Crippen LogP contribution in [0, 0.1) is 0 Å². The van der Waals surface area contributed by atoms with Gasteiger partial charge in [0.05, 0.1) is 0 Å². The molecular formula is C13H15N5O2S. The lowest BCUT2D eigenvalue weighted by atomic mass is 10.2. The third-order valence-corrected chi connectivity index (χ3v) is 3.54. The van der Waals surface area contributed by atoms with Crippen molar-refractivity contribution in [1.29, 1.82) is 0 Å². The Morgan fingerprint density at radius 1 is 1.57 bits per heavy atom. The molecule has 0 aliphatic rings. The van der Waals surface area contributed by atoms with E-state index >= 15 is 0 Å². The predicted molar refractivity (Wildman–Crippen MR) is 79.7 cm³/mol. The molecule has 2 rings (SSSR count). The highest BCUT2D eigenvalue weighted by atomic mass is 32.2. The number of hydrogen-bond donors (Lipinski definition) is 3. The number of oxime groups is 1. The molecule has 8 heteroatoms. The third kappa shape index (κ3) is 3.82. The molecule has 7 nitrogen and oxygen atoms in total. The zero-order valence-electron chi connectivity index (χ0n) is 11.4. The fourth-order valence-electron chi connectivity index (χ4n) is 1.73. The number of nitrogens with two attached hydrogens (primary N) is 1. The van der Waals surface area contributed by atoms with Crippen LogP contribution in [0.1, 0.15) is 24.7 Å². The van der Waals surface area contributed by atoms with Crippen LogP contribution in [0.5, 0.6) is 0 Å². The molecule has 0 radical (unpaired) electrons. The summed E-state index contributed by atoms with van der Waals surface area (Å²) in [6, 6.07) is 4.98. The van der Waals surface area contributed by atoms with E-state index in [-0.39, 0.29) is 11.4 Å². The van der Waals surface area contributed by atoms with Crippen LogP contribution >= 0.6 is 11.8 Å². The number of aromatic nitrogens is 3. The van der Waals surface area contributed by atoms with E-state index in [2.05, 4.69) is 20.1 Å². The van der Waals surface area contributed by atoms with Gasteiger partial charge in [-0.2, -0.15) is 0 Å². The summed E-state index contributed by atoms with van der Waals surface area (Å²) >= 11 is 1.21. The van der Waals surface area contributed by atoms with Crippen molar-refractivity contribution in [1.82, 2.24) is 15.0 Å². The van der Waals surface area contributed by atoms with Gasteiger partial charge in [0.15, 0.2) is 11.0 Å². The van der Waals surface area contributed by atoms with Crippen molar-refractivity contribution < 1.29 is 5.21 Å². The van der Waals surface area contributed by atoms with Gasteiger partial charge in [-0.3, -0.25) is 9.78 Å². The first-order chi connectivity index (χ1) is 10.1. The molecule has 2 heterocycles. The first-order valence-electron chi connectivity index (χ1n) is 6.35. The smallest absolute Gasteiger partial charge is 0.251 e. The number of H-pyrrole nitrogens is 1. The minimum atomic E-state index is -0.204. The van der Waals surface area contributed by atoms with Gasteiger partial charge in [-0.25, -0.2) is 4.98 Å². The quantitative estimate of drug-likeness (QED) is 0.252. The lowest BCUT2D eigenvalue weighted by Gasteiger charge is -2.06. The molecule has 0 atom stereocenters. The van der Waals surface area contributed by atoms with Crippen molar-refractivity contribution in [2.45, 2.75) is 29.8 Å². The lowest BCUT2D eigenvalue weighted by molar-refractivity contribution is 0.318. The molecule has 0 amide bonds. The second-order valence-electron chi connectivity index (χ2n) is 4.23. The topological polar surface area (TPSA) is 117 Å². The van der Waals surface area contributed by atoms with E-state index in [0.29, 0.717) is 15.7 Å². The molecule has 0 aromatic carbocycles. The Kier molecular flexibility index (Phi) is 4.94. The van der Waals surface area contributed by atoms with Gasteiger partial charge in [0.2, 0.25) is 0 Å². The molecule has 4 N–H and O–H groups in total. The fraction of sp³-hybridized carbons (Fsp3) is 0.231. The molecule has 0 saturated heterocycles. The predicted octanol–water partition coefficient (Wildman–Crippen LogP) is 1.36. The molecule has 0 aliphatic heterocycles. The summed E-state index contributed by atoms with van der Waals surface area (Å²) in [6.07, 6.45) is 3.18. The van der Waals surface area contributed by atoms with E-state index < -0.39 is 0 Å². The maximum absolute atomic E-state index is 11.6. The Hall–Kier alpha value is -2.35. The zero-order valence-corrected chi connectivity index (χ0v) is 12.2. The number of rotatable bonds is 5. The Morgan fingerprint density at radius 3 is 3.10 bits per heavy atom. The molecule has 0 saturated carbocycles. The van der Waals surface area contributed by atoms with Crippen molar-refractivity contribution in [2.75, 3.05) is 0 Å². The molecule has 2 aromatic rings. The maximum atomic E-state index is 11.6. The van der Waals surface area contributed by atoms with Gasteiger partial charge < -0.3 is 15.9 Å². The number of pyridine rings is 1. The number of aryl methyl sites for hydroxylation is 1. The highest BCUT2D eigenvalue weighted by Crippen LogP contribution is 2.26. The van der Waals surface area contributed by atoms with Crippen LogP contribution < -0.4 is 11.3 Å². The SMILES string of the molecule is CCCc1cc(=O)[nH]c(Sc2cccnc2/C(N)=N/O)n1. The number of hydrogen-bond acceptors (Lipinski definition) is 6. The van der Waals surface area contributed by atoms with Crippen LogP contribution in [-0.4, -0.2) is 26.0 Å². The molecular weight excluding hydrogens is 290 g/mol. The minimum Gasteiger partial charge on any atom is -0.409 e. The first-order valence-corrected chi connectivity index (χ1v) is 7.16. The van der Waals surface area contributed by atoms with Gasteiger partial charge in [0.25, 0.3) is 5.56 Å². The molecule has 110 valence electrons. The molecule has 0 unspecified atom stereocenters. The fourth-order valence-corrected chi connectivity index (χ4v) is 2.66. The standard InChI is InChI=1S/C13H15N5O2S/c1-2-4-8-7-10(19)17-13(16-8)21-9-5-3-6-15-11(9)12(14)18-20/h3,5-7,20H,2,4H2,1H3,(H2,14,18)(H,16,17,19). The zero-order chi connectivity index (χ0) is 15.2. The van der Waals surface area contributed by atoms with Gasteiger partial charge in [-0.05, 0) is 30.3 Å². The number of nitrogens with one attached hydrogen (secondary N) is 1. The van der Waals surface area contributed by atoms with Crippen molar-refractivity contribution in [3.63, 3.8) is 0 Å². The monoisotopic (exact) mass is 305 g/mol. The van der Waals surface area contributed by atoms with Crippen molar-refractivity contribution in [2.24, 2.45) is 10.9 Å². The molecule has 2 aromatic heterocycles. The van der Waals surface area contributed by atoms with E-state index in [1.165, 1.54) is 17.8 Å². The van der Waals surface area contributed by atoms with Gasteiger partial charge in [0.1, 0.15) is 5.69 Å². The lowest BCUT2D eigenvalue weighted by Crippen LogP contribution is -2.16. The normalized spacial score (nSPS) is 11.6. The largest absolute Gasteiger partial charge is 0.409 e. The highest BCUT2D eigenvalue weighted by Gasteiger charge is 2.11. The van der Waals surface area contributed by atoms with Crippen LogP contribution in [-0.2, 0) is 6.42 Å². The van der Waals surface area contributed by atoms with Gasteiger partial charge >= 0.3 is 0 Å². The van der Waals surface area contributed by atoms with E-state index in [9.17, 15) is 4.79 Å². The van der Waals surface area contributed by atoms with Crippen molar-refractivity contribution in [3.8, 4) is 0 Å². The van der Waals surface area contributed by atoms with Gasteiger partial charge in [-0.15, -0.1) is 0 Å². The molecule has 0 bridgehead atoms. The molecule has 0 aliphatic carbocycles. The Balaban J connectivity index is 2.37. The summed E-state index contributed by atoms with van der Waals surface area (Å²) in [5.41, 5.74) is 6.46. The summed E-state index contributed by atoms with van der Waals surface area (Å²) in [5.74, 6) is -0.0924. The maximum Gasteiger partial charge on any atom is 0.251 e. The molecule has 21 heavy (non-hydrogen) atoms. The van der Waals surface area contributed by atoms with Gasteiger partial charge in [0, 0.05) is 22.9 Å². The minimum absolute atomic E-state index is 0.0924. The van der Waals surface area contributed by atoms with Gasteiger partial charge in [-0.1, -0.05) is 18.5 Å². The number of aromatic amines is 1. The van der Waals surface area contributed by atoms with E-state index in [0.717, 1.165) is 18.5 Å². The second-order valence-corrected chi connectivity index (χ2v) is 5.26. The van der Waals surface area contributed by atoms with Crippen LogP contribution in [0.3, 0.4) is 0 Å². The number of nitrogens with zero attached hydrogens (tertiary/aromatic N) is 3. The summed E-state index contributed by atoms with van der Waals surface area (Å²) in [5, 5.41) is 12.2. The van der Waals surface area contributed by atoms with E-state index in [1.807, 2.05) is 6.92 Å². The Bertz CT molecular complexity index is 714. The van der Waals surface area contributed by atoms with E-state index in [4.69, 9.17) is 10.9 Å². The summed E-state index contributed by atoms with van der Waals surface area (Å²) in [6.45, 7) is 2.02. The number of amidine groups is 1. The molecule has 0 fully saturated rings. The average Bonchev–Trinajstić information content (AvgIpc) is 2.47. The van der Waals surface area contributed by atoms with Crippen LogP contribution in [0.15, 0.2) is 44.4 Å². The van der Waals surface area contributed by atoms with Crippen LogP contribution in [0.4, 0.5) is 0 Å².